The van der Waals surface area contributed by atoms with E-state index in [-0.39, 0.29) is 12.5 Å². The van der Waals surface area contributed by atoms with Crippen LogP contribution in [0.4, 0.5) is 0 Å². The van der Waals surface area contributed by atoms with Gasteiger partial charge in [-0.05, 0) is 12.3 Å². The third-order valence-corrected chi connectivity index (χ3v) is 3.85. The normalized spacial score (nSPS) is 24.1. The molecule has 0 unspecified atom stereocenters. The van der Waals surface area contributed by atoms with E-state index < -0.39 is 5.41 Å². The van der Waals surface area contributed by atoms with Gasteiger partial charge in [-0.15, -0.1) is 0 Å². The van der Waals surface area contributed by atoms with E-state index in [0.717, 1.165) is 18.9 Å². The highest BCUT2D eigenvalue weighted by Crippen LogP contribution is 2.28. The highest BCUT2D eigenvalue weighted by molar-refractivity contribution is 5.83. The number of amides is 1. The van der Waals surface area contributed by atoms with E-state index in [2.05, 4.69) is 5.32 Å². The fourth-order valence-corrected chi connectivity index (χ4v) is 2.52. The van der Waals surface area contributed by atoms with Gasteiger partial charge in [-0.2, -0.15) is 0 Å². The van der Waals surface area contributed by atoms with E-state index in [1.165, 1.54) is 25.7 Å². The number of ether oxygens (including phenoxy) is 1. The Morgan fingerprint density at radius 1 is 1.38 bits per heavy atom. The molecule has 1 aliphatic carbocycles. The number of carbonyl (C=O) groups excluding carboxylic acids is 1. The summed E-state index contributed by atoms with van der Waals surface area (Å²) in [4.78, 5) is 11.8. The molecule has 1 aliphatic heterocycles. The van der Waals surface area contributed by atoms with Crippen molar-refractivity contribution in [3.05, 3.63) is 0 Å². The third-order valence-electron chi connectivity index (χ3n) is 3.85. The van der Waals surface area contributed by atoms with E-state index in [1.807, 2.05) is 0 Å². The third kappa shape index (κ3) is 2.38. The van der Waals surface area contributed by atoms with Crippen molar-refractivity contribution in [3.63, 3.8) is 0 Å². The predicted molar refractivity (Wildman–Crippen MR) is 59.9 cm³/mol. The second kappa shape index (κ2) is 5.15. The fraction of sp³-hybridized carbons (Fsp3) is 0.917. The van der Waals surface area contributed by atoms with E-state index in [1.54, 1.807) is 0 Å². The van der Waals surface area contributed by atoms with Gasteiger partial charge < -0.3 is 15.2 Å². The quantitative estimate of drug-likeness (QED) is 0.726. The molecule has 0 aromatic heterocycles. The molecule has 1 saturated carbocycles. The summed E-state index contributed by atoms with van der Waals surface area (Å²) in [6.45, 7) is 1.35. The second-order valence-corrected chi connectivity index (χ2v) is 5.13. The van der Waals surface area contributed by atoms with Crippen LogP contribution in [0.15, 0.2) is 0 Å². The van der Waals surface area contributed by atoms with Gasteiger partial charge in [0.1, 0.15) is 5.41 Å². The van der Waals surface area contributed by atoms with Gasteiger partial charge in [-0.1, -0.05) is 25.7 Å². The molecule has 0 atom stereocenters. The lowest BCUT2D eigenvalue weighted by atomic mass is 9.86. The highest BCUT2D eigenvalue weighted by Gasteiger charge is 2.45. The predicted octanol–water partition coefficient (Wildman–Crippen LogP) is 0.692. The standard InChI is InChI=1S/C12H21NO3/c14-7-12(8-16-9-12)11(15)13-6-5-10-3-1-2-4-10/h10,14H,1-9H2,(H,13,15). The van der Waals surface area contributed by atoms with Crippen LogP contribution in [-0.4, -0.2) is 37.4 Å². The Balaban J connectivity index is 1.67. The summed E-state index contributed by atoms with van der Waals surface area (Å²) in [5, 5.41) is 12.1. The summed E-state index contributed by atoms with van der Waals surface area (Å²) >= 11 is 0. The lowest BCUT2D eigenvalue weighted by molar-refractivity contribution is -0.170. The van der Waals surface area contributed by atoms with Crippen molar-refractivity contribution in [1.29, 1.82) is 0 Å². The molecule has 1 saturated heterocycles. The van der Waals surface area contributed by atoms with Crippen molar-refractivity contribution >= 4 is 5.91 Å². The number of carbonyl (C=O) groups is 1. The van der Waals surface area contributed by atoms with Crippen LogP contribution in [0, 0.1) is 11.3 Å². The van der Waals surface area contributed by atoms with Gasteiger partial charge in [0.25, 0.3) is 0 Å². The summed E-state index contributed by atoms with van der Waals surface area (Å²) in [6.07, 6.45) is 6.38. The summed E-state index contributed by atoms with van der Waals surface area (Å²) in [6, 6.07) is 0. The molecule has 0 bridgehead atoms. The average Bonchev–Trinajstić information content (AvgIpc) is 2.70. The van der Waals surface area contributed by atoms with Crippen molar-refractivity contribution in [1.82, 2.24) is 5.32 Å². The molecular weight excluding hydrogens is 206 g/mol. The molecule has 1 amide bonds. The Morgan fingerprint density at radius 2 is 2.06 bits per heavy atom. The Labute approximate surface area is 96.4 Å². The maximum Gasteiger partial charge on any atom is 0.233 e. The molecule has 16 heavy (non-hydrogen) atoms. The molecule has 1 heterocycles. The van der Waals surface area contributed by atoms with Crippen molar-refractivity contribution in [2.24, 2.45) is 11.3 Å². The zero-order valence-corrected chi connectivity index (χ0v) is 9.71. The summed E-state index contributed by atoms with van der Waals surface area (Å²) in [5.41, 5.74) is -0.643. The SMILES string of the molecule is O=C(NCCC1CCCC1)C1(CO)COC1. The molecule has 2 N–H and O–H groups in total. The number of nitrogens with one attached hydrogen (secondary N) is 1. The van der Waals surface area contributed by atoms with Crippen LogP contribution in [0.1, 0.15) is 32.1 Å². The van der Waals surface area contributed by atoms with E-state index in [4.69, 9.17) is 4.74 Å². The molecule has 2 aliphatic rings. The second-order valence-electron chi connectivity index (χ2n) is 5.13. The maximum absolute atomic E-state index is 11.8. The molecule has 2 rings (SSSR count). The fourth-order valence-electron chi connectivity index (χ4n) is 2.52. The summed E-state index contributed by atoms with van der Waals surface area (Å²) in [5.74, 6) is 0.752. The van der Waals surface area contributed by atoms with Gasteiger partial charge in [-0.25, -0.2) is 0 Å². The molecule has 4 nitrogen and oxygen atoms in total. The monoisotopic (exact) mass is 227 g/mol. The van der Waals surface area contributed by atoms with Crippen LogP contribution in [0.5, 0.6) is 0 Å². The first-order valence-corrected chi connectivity index (χ1v) is 6.24. The smallest absolute Gasteiger partial charge is 0.233 e. The number of hydrogen-bond donors (Lipinski definition) is 2. The Bertz CT molecular complexity index is 239. The zero-order chi connectivity index (χ0) is 11.4. The molecule has 0 spiro atoms. The van der Waals surface area contributed by atoms with Gasteiger partial charge in [0, 0.05) is 6.54 Å². The first-order valence-electron chi connectivity index (χ1n) is 6.24. The molecular formula is C12H21NO3. The largest absolute Gasteiger partial charge is 0.395 e. The van der Waals surface area contributed by atoms with Crippen LogP contribution in [-0.2, 0) is 9.53 Å². The van der Waals surface area contributed by atoms with Crippen LogP contribution in [0.2, 0.25) is 0 Å². The average molecular weight is 227 g/mol. The molecule has 92 valence electrons. The van der Waals surface area contributed by atoms with Crippen molar-refractivity contribution in [3.8, 4) is 0 Å². The van der Waals surface area contributed by atoms with Crippen LogP contribution < -0.4 is 5.32 Å². The minimum absolute atomic E-state index is 0.0424. The highest BCUT2D eigenvalue weighted by atomic mass is 16.5. The van der Waals surface area contributed by atoms with Gasteiger partial charge in [-0.3, -0.25) is 4.79 Å². The van der Waals surface area contributed by atoms with Gasteiger partial charge in [0.05, 0.1) is 19.8 Å². The Hall–Kier alpha value is -0.610. The number of aliphatic hydroxyl groups excluding tert-OH is 1. The van der Waals surface area contributed by atoms with Gasteiger partial charge in [0.2, 0.25) is 5.91 Å². The van der Waals surface area contributed by atoms with E-state index in [9.17, 15) is 9.90 Å². The zero-order valence-electron chi connectivity index (χ0n) is 9.71. The number of aliphatic hydroxyl groups is 1. The first kappa shape index (κ1) is 11.9. The van der Waals surface area contributed by atoms with Crippen LogP contribution in [0.25, 0.3) is 0 Å². The first-order chi connectivity index (χ1) is 7.77. The lowest BCUT2D eigenvalue weighted by Gasteiger charge is -2.38. The number of hydrogen-bond acceptors (Lipinski definition) is 3. The minimum atomic E-state index is -0.643. The molecule has 0 aromatic carbocycles. The van der Waals surface area contributed by atoms with Crippen LogP contribution in [0.3, 0.4) is 0 Å². The Morgan fingerprint density at radius 3 is 2.56 bits per heavy atom. The Kier molecular flexibility index (Phi) is 3.82. The molecule has 0 aromatic rings. The van der Waals surface area contributed by atoms with Gasteiger partial charge in [0.15, 0.2) is 0 Å². The number of rotatable bonds is 5. The van der Waals surface area contributed by atoms with Crippen molar-refractivity contribution in [2.75, 3.05) is 26.4 Å². The van der Waals surface area contributed by atoms with E-state index in [0.29, 0.717) is 13.2 Å². The molecule has 0 radical (unpaired) electrons. The minimum Gasteiger partial charge on any atom is -0.395 e. The van der Waals surface area contributed by atoms with Crippen molar-refractivity contribution in [2.45, 2.75) is 32.1 Å². The lowest BCUT2D eigenvalue weighted by Crippen LogP contribution is -2.56. The van der Waals surface area contributed by atoms with Crippen LogP contribution >= 0.6 is 0 Å². The van der Waals surface area contributed by atoms with Gasteiger partial charge >= 0.3 is 0 Å². The summed E-state index contributed by atoms with van der Waals surface area (Å²) in [7, 11) is 0. The summed E-state index contributed by atoms with van der Waals surface area (Å²) < 4.78 is 5.01. The maximum atomic E-state index is 11.8. The molecule has 4 heteroatoms. The van der Waals surface area contributed by atoms with Crippen molar-refractivity contribution < 1.29 is 14.6 Å². The topological polar surface area (TPSA) is 58.6 Å². The molecule has 2 fully saturated rings. The van der Waals surface area contributed by atoms with E-state index >= 15 is 0 Å².